The fourth-order valence-corrected chi connectivity index (χ4v) is 3.62. The van der Waals surface area contributed by atoms with E-state index in [0.717, 1.165) is 12.1 Å². The van der Waals surface area contributed by atoms with Crippen molar-refractivity contribution in [3.63, 3.8) is 0 Å². The summed E-state index contributed by atoms with van der Waals surface area (Å²) in [6.45, 7) is 0.111. The van der Waals surface area contributed by atoms with Gasteiger partial charge in [-0.05, 0) is 54.8 Å². The molecule has 1 saturated carbocycles. The summed E-state index contributed by atoms with van der Waals surface area (Å²) in [4.78, 5) is 25.4. The lowest BCUT2D eigenvalue weighted by atomic mass is 10.1. The van der Waals surface area contributed by atoms with E-state index >= 15 is 0 Å². The second-order valence-electron chi connectivity index (χ2n) is 7.98. The van der Waals surface area contributed by atoms with Gasteiger partial charge in [0.25, 0.3) is 5.91 Å². The van der Waals surface area contributed by atoms with Crippen molar-refractivity contribution in [2.45, 2.75) is 31.0 Å². The first-order valence-corrected chi connectivity index (χ1v) is 11.1. The molecule has 1 atom stereocenters. The van der Waals surface area contributed by atoms with Crippen LogP contribution in [0.2, 0.25) is 5.02 Å². The fourth-order valence-electron chi connectivity index (χ4n) is 3.36. The van der Waals surface area contributed by atoms with Gasteiger partial charge in [-0.3, -0.25) is 4.79 Å². The molecule has 0 saturated heterocycles. The van der Waals surface area contributed by atoms with E-state index in [2.05, 4.69) is 10.6 Å². The van der Waals surface area contributed by atoms with Gasteiger partial charge in [-0.15, -0.1) is 0 Å². The molecule has 35 heavy (non-hydrogen) atoms. The maximum Gasteiger partial charge on any atom is 0.410 e. The number of nitriles is 1. The Balaban J connectivity index is 1.65. The Bertz CT molecular complexity index is 1230. The van der Waals surface area contributed by atoms with Crippen molar-refractivity contribution in [2.24, 2.45) is 0 Å². The summed E-state index contributed by atoms with van der Waals surface area (Å²) in [5, 5.41) is 14.3. The van der Waals surface area contributed by atoms with Crippen LogP contribution in [0.4, 0.5) is 13.6 Å². The van der Waals surface area contributed by atoms with E-state index in [1.165, 1.54) is 0 Å². The van der Waals surface area contributed by atoms with Crippen LogP contribution in [0, 0.1) is 23.0 Å². The Morgan fingerprint density at radius 3 is 2.51 bits per heavy atom. The first-order valence-electron chi connectivity index (χ1n) is 10.7. The molecule has 8 nitrogen and oxygen atoms in total. The molecule has 2 amide bonds. The Morgan fingerprint density at radius 1 is 1.17 bits per heavy atom. The van der Waals surface area contributed by atoms with Crippen molar-refractivity contribution in [2.75, 3.05) is 13.2 Å². The van der Waals surface area contributed by atoms with Crippen LogP contribution >= 0.6 is 11.6 Å². The van der Waals surface area contributed by atoms with Gasteiger partial charge in [0.15, 0.2) is 17.9 Å². The third kappa shape index (κ3) is 5.81. The van der Waals surface area contributed by atoms with Crippen molar-refractivity contribution in [3.05, 3.63) is 70.3 Å². The van der Waals surface area contributed by atoms with Crippen LogP contribution in [0.1, 0.15) is 28.8 Å². The average Bonchev–Trinajstić information content (AvgIpc) is 3.58. The number of carbonyl (C=O) groups excluding carboxylic acids is 2. The first kappa shape index (κ1) is 24.3. The minimum Gasteiger partial charge on any atom is -0.489 e. The number of rotatable bonds is 2. The summed E-state index contributed by atoms with van der Waals surface area (Å²) in [6.07, 6.45) is 1.83. The van der Waals surface area contributed by atoms with Crippen LogP contribution in [-0.2, 0) is 11.2 Å². The Labute approximate surface area is 204 Å². The lowest BCUT2D eigenvalue weighted by Crippen LogP contribution is -2.45. The smallest absolute Gasteiger partial charge is 0.410 e. The Kier molecular flexibility index (Phi) is 7.07. The van der Waals surface area contributed by atoms with E-state index in [1.807, 2.05) is 6.07 Å². The highest BCUT2D eigenvalue weighted by molar-refractivity contribution is 6.32. The van der Waals surface area contributed by atoms with Gasteiger partial charge < -0.3 is 24.8 Å². The SMILES string of the molecule is N#CC1(NC(=O)O[C@H]2Cc3ccc(c(Cl)c3)OC/C=C\COc3ccc(F)c(F)c3C(=O)N2)CC1. The van der Waals surface area contributed by atoms with E-state index in [-0.39, 0.29) is 30.4 Å². The van der Waals surface area contributed by atoms with Crippen molar-refractivity contribution in [1.29, 1.82) is 5.26 Å². The molecule has 2 aliphatic heterocycles. The molecule has 1 fully saturated rings. The highest BCUT2D eigenvalue weighted by Crippen LogP contribution is 2.34. The maximum atomic E-state index is 14.6. The number of carbonyl (C=O) groups is 2. The summed E-state index contributed by atoms with van der Waals surface area (Å²) >= 11 is 6.29. The largest absolute Gasteiger partial charge is 0.489 e. The number of fused-ring (bicyclic) bond motifs is 9. The van der Waals surface area contributed by atoms with Crippen LogP contribution in [0.15, 0.2) is 42.5 Å². The van der Waals surface area contributed by atoms with E-state index in [0.29, 0.717) is 24.2 Å². The van der Waals surface area contributed by atoms with Crippen molar-refractivity contribution in [3.8, 4) is 17.6 Å². The predicted molar refractivity (Wildman–Crippen MR) is 120 cm³/mol. The quantitative estimate of drug-likeness (QED) is 0.599. The molecule has 5 rings (SSSR count). The summed E-state index contributed by atoms with van der Waals surface area (Å²) in [7, 11) is 0. The number of amides is 2. The normalized spacial score (nSPS) is 19.7. The average molecular weight is 504 g/mol. The number of nitrogens with zero attached hydrogens (tertiary/aromatic N) is 1. The molecule has 0 unspecified atom stereocenters. The number of benzene rings is 2. The fraction of sp³-hybridized carbons (Fsp3) is 0.292. The molecular weight excluding hydrogens is 484 g/mol. The maximum absolute atomic E-state index is 14.6. The third-order valence-electron chi connectivity index (χ3n) is 5.38. The molecule has 2 aromatic rings. The monoisotopic (exact) mass is 503 g/mol. The summed E-state index contributed by atoms with van der Waals surface area (Å²) in [6, 6.07) is 8.81. The van der Waals surface area contributed by atoms with Gasteiger partial charge in [0.05, 0.1) is 11.1 Å². The van der Waals surface area contributed by atoms with Gasteiger partial charge in [0.1, 0.15) is 35.8 Å². The van der Waals surface area contributed by atoms with Crippen LogP contribution in [0.3, 0.4) is 0 Å². The van der Waals surface area contributed by atoms with Crippen molar-refractivity contribution in [1.82, 2.24) is 10.6 Å². The molecule has 2 heterocycles. The highest BCUT2D eigenvalue weighted by Gasteiger charge is 2.45. The predicted octanol–water partition coefficient (Wildman–Crippen LogP) is 4.03. The second-order valence-corrected chi connectivity index (χ2v) is 8.39. The minimum absolute atomic E-state index is 0.0556. The Hall–Kier alpha value is -3.84. The highest BCUT2D eigenvalue weighted by atomic mass is 35.5. The van der Waals surface area contributed by atoms with Gasteiger partial charge in [0.2, 0.25) is 0 Å². The zero-order valence-electron chi connectivity index (χ0n) is 18.3. The van der Waals surface area contributed by atoms with Gasteiger partial charge in [-0.1, -0.05) is 17.7 Å². The van der Waals surface area contributed by atoms with Gasteiger partial charge >= 0.3 is 6.09 Å². The first-order chi connectivity index (χ1) is 16.8. The molecule has 11 heteroatoms. The molecule has 3 aliphatic rings. The summed E-state index contributed by atoms with van der Waals surface area (Å²) in [5.74, 6) is -3.50. The molecule has 1 aliphatic carbocycles. The van der Waals surface area contributed by atoms with E-state index in [4.69, 9.17) is 25.8 Å². The van der Waals surface area contributed by atoms with Gasteiger partial charge in [-0.2, -0.15) is 5.26 Å². The van der Waals surface area contributed by atoms with Gasteiger partial charge in [0, 0.05) is 6.42 Å². The van der Waals surface area contributed by atoms with E-state index < -0.39 is 41.0 Å². The van der Waals surface area contributed by atoms with Crippen LogP contribution in [-0.4, -0.2) is 37.0 Å². The zero-order chi connectivity index (χ0) is 25.0. The molecule has 182 valence electrons. The van der Waals surface area contributed by atoms with Gasteiger partial charge in [-0.25, -0.2) is 13.6 Å². The van der Waals surface area contributed by atoms with E-state index in [1.54, 1.807) is 30.4 Å². The molecule has 0 aromatic heterocycles. The van der Waals surface area contributed by atoms with E-state index in [9.17, 15) is 23.6 Å². The number of hydrogen-bond donors (Lipinski definition) is 2. The molecule has 2 bridgehead atoms. The van der Waals surface area contributed by atoms with Crippen LogP contribution in [0.25, 0.3) is 0 Å². The second kappa shape index (κ2) is 10.2. The summed E-state index contributed by atoms with van der Waals surface area (Å²) in [5.41, 5.74) is -1.13. The topological polar surface area (TPSA) is 110 Å². The zero-order valence-corrected chi connectivity index (χ0v) is 19.0. The van der Waals surface area contributed by atoms with Crippen LogP contribution < -0.4 is 20.1 Å². The molecule has 2 aromatic carbocycles. The third-order valence-corrected chi connectivity index (χ3v) is 5.68. The number of ether oxygens (including phenoxy) is 3. The van der Waals surface area contributed by atoms with Crippen molar-refractivity contribution < 1.29 is 32.6 Å². The lowest BCUT2D eigenvalue weighted by molar-refractivity contribution is 0.0619. The van der Waals surface area contributed by atoms with Crippen molar-refractivity contribution >= 4 is 23.6 Å². The number of alkyl carbamates (subject to hydrolysis) is 1. The number of nitrogens with one attached hydrogen (secondary N) is 2. The molecule has 0 spiro atoms. The number of halogens is 3. The number of hydrogen-bond acceptors (Lipinski definition) is 6. The molecular formula is C24H20ClF2N3O5. The van der Waals surface area contributed by atoms with Crippen LogP contribution in [0.5, 0.6) is 11.5 Å². The molecule has 2 N–H and O–H groups in total. The molecule has 0 radical (unpaired) electrons. The minimum atomic E-state index is -1.41. The lowest BCUT2D eigenvalue weighted by Gasteiger charge is -2.22. The summed E-state index contributed by atoms with van der Waals surface area (Å²) < 4.78 is 45.0. The standard InChI is InChI=1S/C24H20ClF2N3O5/c25-15-11-14-3-5-17(15)33-9-1-2-10-34-18-6-4-16(26)21(27)20(18)22(31)29-19(12-14)35-23(32)30-24(13-28)7-8-24/h1-6,11,19H,7-10,12H2,(H,29,31)(H,30,32)/b2-1-/t19-/m0/s1. The Morgan fingerprint density at radius 2 is 1.86 bits per heavy atom.